The highest BCUT2D eigenvalue weighted by molar-refractivity contribution is 5.93. The highest BCUT2D eigenvalue weighted by atomic mass is 16.1. The number of benzene rings is 1. The minimum Gasteiger partial charge on any atom is -0.384 e. The van der Waals surface area contributed by atoms with Gasteiger partial charge in [0.2, 0.25) is 0 Å². The van der Waals surface area contributed by atoms with E-state index >= 15 is 0 Å². The highest BCUT2D eigenvalue weighted by Crippen LogP contribution is 2.28. The Morgan fingerprint density at radius 3 is 2.83 bits per heavy atom. The van der Waals surface area contributed by atoms with Crippen LogP contribution in [0.2, 0.25) is 0 Å². The van der Waals surface area contributed by atoms with Crippen LogP contribution in [0.5, 0.6) is 0 Å². The van der Waals surface area contributed by atoms with Crippen LogP contribution in [0.4, 0.5) is 11.5 Å². The summed E-state index contributed by atoms with van der Waals surface area (Å²) in [6.45, 7) is 5.39. The van der Waals surface area contributed by atoms with Gasteiger partial charge >= 0.3 is 0 Å². The largest absolute Gasteiger partial charge is 0.384 e. The minimum atomic E-state index is 0.0302. The molecule has 0 radical (unpaired) electrons. The number of pyridine rings is 2. The number of fused-ring (bicyclic) bond motifs is 3. The Hall–Kier alpha value is -3.37. The van der Waals surface area contributed by atoms with Gasteiger partial charge in [-0.2, -0.15) is 5.26 Å². The van der Waals surface area contributed by atoms with Gasteiger partial charge in [0, 0.05) is 56.4 Å². The third-order valence-electron chi connectivity index (χ3n) is 6.06. The second kappa shape index (κ2) is 7.81. The van der Waals surface area contributed by atoms with Gasteiger partial charge in [-0.3, -0.25) is 9.69 Å². The van der Waals surface area contributed by atoms with Gasteiger partial charge in [-0.1, -0.05) is 12.1 Å². The van der Waals surface area contributed by atoms with Gasteiger partial charge in [0.15, 0.2) is 0 Å². The number of H-pyrrole nitrogens is 1. The molecule has 3 aromatic rings. The molecule has 1 fully saturated rings. The van der Waals surface area contributed by atoms with Crippen LogP contribution in [0.15, 0.2) is 41.3 Å². The monoisotopic (exact) mass is 400 g/mol. The Balaban J connectivity index is 1.30. The van der Waals surface area contributed by atoms with Crippen molar-refractivity contribution in [1.29, 1.82) is 5.26 Å². The van der Waals surface area contributed by atoms with Crippen LogP contribution in [0, 0.1) is 11.3 Å². The summed E-state index contributed by atoms with van der Waals surface area (Å²) in [5.41, 5.74) is 4.67. The van der Waals surface area contributed by atoms with E-state index in [-0.39, 0.29) is 5.56 Å². The molecule has 0 atom stereocenters. The van der Waals surface area contributed by atoms with Gasteiger partial charge < -0.3 is 15.2 Å². The van der Waals surface area contributed by atoms with Crippen molar-refractivity contribution in [1.82, 2.24) is 14.9 Å². The fourth-order valence-corrected chi connectivity index (χ4v) is 4.46. The van der Waals surface area contributed by atoms with Crippen LogP contribution in [0.1, 0.15) is 23.1 Å². The van der Waals surface area contributed by atoms with Gasteiger partial charge in [-0.05, 0) is 36.6 Å². The van der Waals surface area contributed by atoms with E-state index in [0.29, 0.717) is 5.56 Å². The molecule has 0 bridgehead atoms. The average Bonchev–Trinajstić information content (AvgIpc) is 2.80. The molecule has 1 saturated heterocycles. The van der Waals surface area contributed by atoms with Gasteiger partial charge in [-0.15, -0.1) is 0 Å². The maximum atomic E-state index is 12.5. The summed E-state index contributed by atoms with van der Waals surface area (Å²) in [4.78, 5) is 24.6. The molecule has 2 aromatic heterocycles. The molecular weight excluding hydrogens is 376 g/mol. The molecule has 2 aliphatic rings. The van der Waals surface area contributed by atoms with E-state index < -0.39 is 0 Å². The highest BCUT2D eigenvalue weighted by Gasteiger charge is 2.20. The Bertz CT molecular complexity index is 1190. The third kappa shape index (κ3) is 3.51. The predicted molar refractivity (Wildman–Crippen MR) is 118 cm³/mol. The smallest absolute Gasteiger partial charge is 0.253 e. The first kappa shape index (κ1) is 18.6. The zero-order valence-corrected chi connectivity index (χ0v) is 16.8. The van der Waals surface area contributed by atoms with Crippen molar-refractivity contribution < 1.29 is 0 Å². The second-order valence-corrected chi connectivity index (χ2v) is 8.00. The first-order valence-corrected chi connectivity index (χ1v) is 10.5. The molecule has 0 amide bonds. The molecule has 0 saturated carbocycles. The molecule has 5 rings (SSSR count). The zero-order valence-electron chi connectivity index (χ0n) is 16.8. The summed E-state index contributed by atoms with van der Waals surface area (Å²) in [6.07, 6.45) is 3.54. The first-order chi connectivity index (χ1) is 14.7. The predicted octanol–water partition coefficient (Wildman–Crippen LogP) is 2.48. The maximum absolute atomic E-state index is 12.5. The molecule has 4 heterocycles. The van der Waals surface area contributed by atoms with Crippen LogP contribution in [0.3, 0.4) is 0 Å². The van der Waals surface area contributed by atoms with Gasteiger partial charge in [-0.25, -0.2) is 4.98 Å². The van der Waals surface area contributed by atoms with E-state index in [4.69, 9.17) is 5.26 Å². The van der Waals surface area contributed by atoms with Crippen molar-refractivity contribution in [2.45, 2.75) is 19.4 Å². The van der Waals surface area contributed by atoms with Crippen molar-refractivity contribution >= 4 is 22.4 Å². The SMILES string of the molecule is N#Cc1ccnc(N2CCN(Cc3ccc4c5c(c(=O)[nH]c4c3)CCCN5)CC2)c1. The average molecular weight is 400 g/mol. The molecule has 0 aliphatic carbocycles. The Morgan fingerprint density at radius 2 is 2.00 bits per heavy atom. The topological polar surface area (TPSA) is 88.1 Å². The lowest BCUT2D eigenvalue weighted by molar-refractivity contribution is 0.249. The van der Waals surface area contributed by atoms with Gasteiger partial charge in [0.05, 0.1) is 22.8 Å². The number of nitrogens with zero attached hydrogens (tertiary/aromatic N) is 4. The van der Waals surface area contributed by atoms with Crippen LogP contribution in [0.25, 0.3) is 10.9 Å². The number of piperazine rings is 1. The van der Waals surface area contributed by atoms with E-state index in [9.17, 15) is 4.79 Å². The molecular formula is C23H24N6O. The summed E-state index contributed by atoms with van der Waals surface area (Å²) < 4.78 is 0. The number of aromatic nitrogens is 2. The summed E-state index contributed by atoms with van der Waals surface area (Å²) in [5.74, 6) is 0.870. The fourth-order valence-electron chi connectivity index (χ4n) is 4.46. The molecule has 30 heavy (non-hydrogen) atoms. The van der Waals surface area contributed by atoms with Crippen molar-refractivity contribution in [2.75, 3.05) is 42.9 Å². The van der Waals surface area contributed by atoms with E-state index in [0.717, 1.165) is 80.1 Å². The molecule has 0 spiro atoms. The number of nitrogens with one attached hydrogen (secondary N) is 2. The summed E-state index contributed by atoms with van der Waals surface area (Å²) in [5, 5.41) is 13.6. The molecule has 2 N–H and O–H groups in total. The van der Waals surface area contributed by atoms with Crippen molar-refractivity contribution in [3.8, 4) is 6.07 Å². The Labute approximate surface area is 175 Å². The number of nitriles is 1. The minimum absolute atomic E-state index is 0.0302. The van der Waals surface area contributed by atoms with Crippen molar-refractivity contribution in [3.63, 3.8) is 0 Å². The lowest BCUT2D eigenvalue weighted by Gasteiger charge is -2.35. The van der Waals surface area contributed by atoms with E-state index in [1.165, 1.54) is 5.56 Å². The summed E-state index contributed by atoms with van der Waals surface area (Å²) in [7, 11) is 0. The molecule has 2 aliphatic heterocycles. The van der Waals surface area contributed by atoms with E-state index in [1.807, 2.05) is 6.07 Å². The Morgan fingerprint density at radius 1 is 1.13 bits per heavy atom. The number of hydrogen-bond donors (Lipinski definition) is 2. The quantitative estimate of drug-likeness (QED) is 0.702. The lowest BCUT2D eigenvalue weighted by atomic mass is 10.0. The molecule has 0 unspecified atom stereocenters. The van der Waals surface area contributed by atoms with Crippen molar-refractivity contribution in [3.05, 3.63) is 63.6 Å². The summed E-state index contributed by atoms with van der Waals surface area (Å²) >= 11 is 0. The van der Waals surface area contributed by atoms with Crippen LogP contribution in [-0.2, 0) is 13.0 Å². The number of anilines is 2. The van der Waals surface area contributed by atoms with Crippen LogP contribution in [-0.4, -0.2) is 47.6 Å². The normalized spacial score (nSPS) is 16.7. The van der Waals surface area contributed by atoms with Crippen LogP contribution >= 0.6 is 0 Å². The number of rotatable bonds is 3. The Kier molecular flexibility index (Phi) is 4.85. The zero-order chi connectivity index (χ0) is 20.5. The molecule has 7 heteroatoms. The van der Waals surface area contributed by atoms with E-state index in [1.54, 1.807) is 12.3 Å². The molecule has 1 aromatic carbocycles. The second-order valence-electron chi connectivity index (χ2n) is 8.00. The number of hydrogen-bond acceptors (Lipinski definition) is 6. The molecule has 7 nitrogen and oxygen atoms in total. The van der Waals surface area contributed by atoms with E-state index in [2.05, 4.69) is 49.4 Å². The maximum Gasteiger partial charge on any atom is 0.253 e. The number of aromatic amines is 1. The molecule has 152 valence electrons. The van der Waals surface area contributed by atoms with Gasteiger partial charge in [0.25, 0.3) is 5.56 Å². The summed E-state index contributed by atoms with van der Waals surface area (Å²) in [6, 6.07) is 12.2. The van der Waals surface area contributed by atoms with Crippen molar-refractivity contribution in [2.24, 2.45) is 0 Å². The van der Waals surface area contributed by atoms with Gasteiger partial charge in [0.1, 0.15) is 5.82 Å². The standard InChI is InChI=1S/C23H24N6O/c24-14-16-5-7-25-21(13-16)29-10-8-28(9-11-29)15-17-3-4-18-20(12-17)27-23(30)19-2-1-6-26-22(18)19/h3-5,7,12-13,26H,1-2,6,8-11,15H2,(H,27,30). The fraction of sp³-hybridized carbons (Fsp3) is 0.348. The first-order valence-electron chi connectivity index (χ1n) is 10.5. The van der Waals surface area contributed by atoms with Crippen LogP contribution < -0.4 is 15.8 Å². The lowest BCUT2D eigenvalue weighted by Crippen LogP contribution is -2.46. The third-order valence-corrected chi connectivity index (χ3v) is 6.06.